The number of nitrogens with zero attached hydrogens (tertiary/aromatic N) is 1. The molecule has 8 heteroatoms. The molecular formula is C30H35F2NO4Si. The van der Waals surface area contributed by atoms with Crippen molar-refractivity contribution < 1.29 is 27.8 Å². The van der Waals surface area contributed by atoms with Crippen LogP contribution in [0.1, 0.15) is 61.7 Å². The maximum Gasteiger partial charge on any atom is 0.338 e. The van der Waals surface area contributed by atoms with Gasteiger partial charge in [0.2, 0.25) is 0 Å². The molecule has 3 aromatic carbocycles. The number of rotatable bonds is 7. The monoisotopic (exact) mass is 539 g/mol. The van der Waals surface area contributed by atoms with E-state index in [0.29, 0.717) is 24.2 Å². The fraction of sp³-hybridized carbons (Fsp3) is 0.367. The highest BCUT2D eigenvalue weighted by Gasteiger charge is 2.44. The van der Waals surface area contributed by atoms with Crippen LogP contribution < -0.4 is 4.90 Å². The number of morpholine rings is 1. The normalized spacial score (nSPS) is 18.8. The summed E-state index contributed by atoms with van der Waals surface area (Å²) in [6, 6.07) is 20.0. The predicted octanol–water partition coefficient (Wildman–Crippen LogP) is 5.89. The Bertz CT molecular complexity index is 1230. The van der Waals surface area contributed by atoms with Crippen LogP contribution in [0.3, 0.4) is 0 Å². The highest BCUT2D eigenvalue weighted by Crippen LogP contribution is 2.47. The van der Waals surface area contributed by atoms with Gasteiger partial charge in [-0.2, -0.15) is 0 Å². The molecule has 38 heavy (non-hydrogen) atoms. The van der Waals surface area contributed by atoms with Crippen LogP contribution in [-0.2, 0) is 14.8 Å². The van der Waals surface area contributed by atoms with Crippen LogP contribution in [0, 0.1) is 11.6 Å². The van der Waals surface area contributed by atoms with E-state index in [0.717, 1.165) is 0 Å². The topological polar surface area (TPSA) is 59.0 Å². The lowest BCUT2D eigenvalue weighted by Crippen LogP contribution is -2.47. The largest absolute Gasteiger partial charge is 0.478 e. The van der Waals surface area contributed by atoms with Crippen LogP contribution >= 0.6 is 0 Å². The summed E-state index contributed by atoms with van der Waals surface area (Å²) in [7, 11) is -1.31. The maximum atomic E-state index is 16.2. The summed E-state index contributed by atoms with van der Waals surface area (Å²) in [5, 5.41) is 9.75. The molecule has 0 amide bonds. The molecule has 1 saturated heterocycles. The van der Waals surface area contributed by atoms with Crippen molar-refractivity contribution in [2.75, 3.05) is 18.0 Å². The van der Waals surface area contributed by atoms with Gasteiger partial charge in [0.1, 0.15) is 5.60 Å². The van der Waals surface area contributed by atoms with Gasteiger partial charge in [-0.25, -0.2) is 13.6 Å². The van der Waals surface area contributed by atoms with Crippen LogP contribution in [0.15, 0.2) is 66.7 Å². The van der Waals surface area contributed by atoms with Gasteiger partial charge in [-0.3, -0.25) is 0 Å². The Hall–Kier alpha value is -3.07. The summed E-state index contributed by atoms with van der Waals surface area (Å²) in [5.74, 6) is -4.12. The molecule has 1 heterocycles. The van der Waals surface area contributed by atoms with Crippen molar-refractivity contribution in [3.63, 3.8) is 0 Å². The summed E-state index contributed by atoms with van der Waals surface area (Å²) >= 11 is 0. The van der Waals surface area contributed by atoms with Crippen LogP contribution in [0.25, 0.3) is 0 Å². The molecule has 1 fully saturated rings. The van der Waals surface area contributed by atoms with Crippen molar-refractivity contribution in [1.82, 2.24) is 0 Å². The second-order valence-corrected chi connectivity index (χ2v) is 13.9. The number of halogens is 2. The average Bonchev–Trinajstić information content (AvgIpc) is 2.86. The van der Waals surface area contributed by atoms with Crippen molar-refractivity contribution in [3.05, 3.63) is 101 Å². The third kappa shape index (κ3) is 5.53. The molecule has 0 aromatic heterocycles. The molecule has 0 radical (unpaired) electrons. The third-order valence-corrected chi connectivity index (χ3v) is 8.05. The molecule has 4 rings (SSSR count). The predicted molar refractivity (Wildman–Crippen MR) is 148 cm³/mol. The van der Waals surface area contributed by atoms with Gasteiger partial charge in [0.15, 0.2) is 21.4 Å². The summed E-state index contributed by atoms with van der Waals surface area (Å²) in [4.78, 5) is 13.9. The lowest BCUT2D eigenvalue weighted by molar-refractivity contribution is -0.00568. The lowest BCUT2D eigenvalue weighted by Gasteiger charge is -2.43. The molecule has 5 nitrogen and oxygen atoms in total. The van der Waals surface area contributed by atoms with E-state index in [1.54, 1.807) is 4.90 Å². The van der Waals surface area contributed by atoms with Gasteiger partial charge in [0.25, 0.3) is 0 Å². The van der Waals surface area contributed by atoms with Crippen LogP contribution in [-0.4, -0.2) is 46.1 Å². The number of carbonyl (C=O) groups is 1. The third-order valence-electron chi connectivity index (χ3n) is 6.61. The average molecular weight is 540 g/mol. The smallest absolute Gasteiger partial charge is 0.338 e. The standard InChI is InChI=1S/C30H35F2NO4Si/c1-19-17-33(18-20(2)36-19)27-24(16-23(28(34)35)25(31)26(27)32)30(37-38-29(3,4)5,21-12-8-6-9-13-21)22-14-10-7-11-15-22/h6-16,19-20H,17-18,38H2,1-5H3,(H,34,35). The first-order valence-corrected chi connectivity index (χ1v) is 14.1. The van der Waals surface area contributed by atoms with Gasteiger partial charge in [0.05, 0.1) is 23.5 Å². The SMILES string of the molecule is CC1CN(c2c(C(O[SiH2]C(C)(C)C)(c3ccccc3)c3ccccc3)cc(C(=O)O)c(F)c2F)CC(C)O1. The minimum absolute atomic E-state index is 0.00474. The minimum Gasteiger partial charge on any atom is -0.478 e. The van der Waals surface area contributed by atoms with Crippen LogP contribution in [0.4, 0.5) is 14.5 Å². The summed E-state index contributed by atoms with van der Waals surface area (Å²) in [5.41, 5.74) is -0.412. The van der Waals surface area contributed by atoms with E-state index in [1.807, 2.05) is 74.5 Å². The molecule has 0 bridgehead atoms. The zero-order valence-electron chi connectivity index (χ0n) is 22.5. The lowest BCUT2D eigenvalue weighted by atomic mass is 9.78. The first-order chi connectivity index (χ1) is 17.9. The number of aromatic carboxylic acids is 1. The van der Waals surface area contributed by atoms with Gasteiger partial charge in [-0.15, -0.1) is 0 Å². The number of carboxylic acid groups (broad SMARTS) is 1. The molecule has 1 aliphatic rings. The molecule has 2 atom stereocenters. The Balaban J connectivity index is 2.14. The second kappa shape index (κ2) is 11.0. The Morgan fingerprint density at radius 3 is 1.89 bits per heavy atom. The molecule has 1 N–H and O–H groups in total. The number of anilines is 1. The summed E-state index contributed by atoms with van der Waals surface area (Å²) in [6.07, 6.45) is -0.470. The first-order valence-electron chi connectivity index (χ1n) is 12.8. The molecule has 2 unspecified atom stereocenters. The zero-order chi connectivity index (χ0) is 27.7. The van der Waals surface area contributed by atoms with Gasteiger partial charge >= 0.3 is 5.97 Å². The Morgan fingerprint density at radius 1 is 0.947 bits per heavy atom. The summed E-state index contributed by atoms with van der Waals surface area (Å²) in [6.45, 7) is 10.6. The molecular weight excluding hydrogens is 504 g/mol. The van der Waals surface area contributed by atoms with E-state index in [4.69, 9.17) is 9.16 Å². The minimum atomic E-state index is -1.54. The van der Waals surface area contributed by atoms with Crippen molar-refractivity contribution in [3.8, 4) is 0 Å². The number of carboxylic acids is 1. The van der Waals surface area contributed by atoms with E-state index in [-0.39, 0.29) is 28.5 Å². The highest BCUT2D eigenvalue weighted by atomic mass is 28.2. The Kier molecular flexibility index (Phi) is 8.06. The van der Waals surface area contributed by atoms with Crippen molar-refractivity contribution in [1.29, 1.82) is 0 Å². The summed E-state index contributed by atoms with van der Waals surface area (Å²) < 4.78 is 44.4. The molecule has 0 spiro atoms. The van der Waals surface area contributed by atoms with Gasteiger partial charge in [0, 0.05) is 18.7 Å². The molecule has 1 aliphatic heterocycles. The first kappa shape index (κ1) is 27.9. The van der Waals surface area contributed by atoms with Crippen LogP contribution in [0.5, 0.6) is 0 Å². The maximum absolute atomic E-state index is 16.2. The molecule has 0 aliphatic carbocycles. The van der Waals surface area contributed by atoms with Crippen molar-refractivity contribution >= 4 is 21.4 Å². The van der Waals surface area contributed by atoms with Gasteiger partial charge in [-0.1, -0.05) is 81.4 Å². The van der Waals surface area contributed by atoms with Crippen molar-refractivity contribution in [2.24, 2.45) is 0 Å². The second-order valence-electron chi connectivity index (χ2n) is 11.2. The fourth-order valence-corrected chi connectivity index (χ4v) is 6.24. The van der Waals surface area contributed by atoms with Gasteiger partial charge in [-0.05, 0) is 36.1 Å². The number of hydrogen-bond acceptors (Lipinski definition) is 4. The molecule has 0 saturated carbocycles. The van der Waals surface area contributed by atoms with E-state index in [9.17, 15) is 9.90 Å². The Labute approximate surface area is 225 Å². The number of ether oxygens (including phenoxy) is 1. The quantitative estimate of drug-likeness (QED) is 0.300. The number of hydrogen-bond donors (Lipinski definition) is 1. The van der Waals surface area contributed by atoms with E-state index < -0.39 is 38.5 Å². The van der Waals surface area contributed by atoms with Crippen LogP contribution in [0.2, 0.25) is 5.04 Å². The zero-order valence-corrected chi connectivity index (χ0v) is 23.9. The fourth-order valence-electron chi connectivity index (χ4n) is 5.10. The number of benzene rings is 3. The van der Waals surface area contributed by atoms with E-state index in [2.05, 4.69) is 20.8 Å². The molecule has 202 valence electrons. The van der Waals surface area contributed by atoms with E-state index >= 15 is 8.78 Å². The Morgan fingerprint density at radius 2 is 1.45 bits per heavy atom. The van der Waals surface area contributed by atoms with E-state index in [1.165, 1.54) is 6.07 Å². The highest BCUT2D eigenvalue weighted by molar-refractivity contribution is 6.32. The molecule has 3 aromatic rings. The van der Waals surface area contributed by atoms with Gasteiger partial charge < -0.3 is 19.2 Å². The van der Waals surface area contributed by atoms with Crippen molar-refractivity contribution in [2.45, 2.75) is 57.5 Å².